The van der Waals surface area contributed by atoms with Crippen molar-refractivity contribution in [2.24, 2.45) is 7.05 Å². The Balaban J connectivity index is 1.95. The van der Waals surface area contributed by atoms with Gasteiger partial charge in [-0.2, -0.15) is 5.10 Å². The van der Waals surface area contributed by atoms with Crippen molar-refractivity contribution in [3.8, 4) is 0 Å². The van der Waals surface area contributed by atoms with Crippen molar-refractivity contribution >= 4 is 11.6 Å². The van der Waals surface area contributed by atoms with E-state index in [0.717, 1.165) is 11.4 Å². The molecular formula is C12H13N3O. The molecule has 0 atom stereocenters. The van der Waals surface area contributed by atoms with Gasteiger partial charge in [0, 0.05) is 18.9 Å². The zero-order valence-electron chi connectivity index (χ0n) is 9.05. The second-order valence-electron chi connectivity index (χ2n) is 3.57. The number of para-hydroxylation sites is 1. The van der Waals surface area contributed by atoms with E-state index in [1.807, 2.05) is 49.6 Å². The van der Waals surface area contributed by atoms with E-state index in [4.69, 9.17) is 0 Å². The minimum atomic E-state index is -0.0510. The Kier molecular flexibility index (Phi) is 3.00. The number of rotatable bonds is 3. The second-order valence-corrected chi connectivity index (χ2v) is 3.57. The number of anilines is 1. The van der Waals surface area contributed by atoms with Crippen molar-refractivity contribution in [1.29, 1.82) is 0 Å². The monoisotopic (exact) mass is 215 g/mol. The molecule has 0 bridgehead atoms. The first-order valence-electron chi connectivity index (χ1n) is 5.07. The maximum atomic E-state index is 11.6. The summed E-state index contributed by atoms with van der Waals surface area (Å²) in [4.78, 5) is 11.6. The van der Waals surface area contributed by atoms with Crippen molar-refractivity contribution in [3.05, 3.63) is 48.3 Å². The Morgan fingerprint density at radius 2 is 2.06 bits per heavy atom. The third-order valence-corrected chi connectivity index (χ3v) is 2.17. The predicted molar refractivity (Wildman–Crippen MR) is 62.0 cm³/mol. The molecule has 0 aliphatic heterocycles. The lowest BCUT2D eigenvalue weighted by Gasteiger charge is -2.02. The summed E-state index contributed by atoms with van der Waals surface area (Å²) in [6.07, 6.45) is 2.13. The first-order chi connectivity index (χ1) is 7.74. The lowest BCUT2D eigenvalue weighted by atomic mass is 10.2. The summed E-state index contributed by atoms with van der Waals surface area (Å²) < 4.78 is 1.69. The van der Waals surface area contributed by atoms with Crippen LogP contribution in [0, 0.1) is 0 Å². The third-order valence-electron chi connectivity index (χ3n) is 2.17. The van der Waals surface area contributed by atoms with Crippen LogP contribution in [0.15, 0.2) is 42.6 Å². The van der Waals surface area contributed by atoms with Crippen molar-refractivity contribution in [2.45, 2.75) is 6.42 Å². The Morgan fingerprint density at radius 1 is 1.31 bits per heavy atom. The maximum absolute atomic E-state index is 11.6. The fourth-order valence-corrected chi connectivity index (χ4v) is 1.45. The van der Waals surface area contributed by atoms with Crippen LogP contribution < -0.4 is 5.32 Å². The van der Waals surface area contributed by atoms with Gasteiger partial charge in [0.2, 0.25) is 5.91 Å². The zero-order valence-corrected chi connectivity index (χ0v) is 9.05. The lowest BCUT2D eigenvalue weighted by Crippen LogP contribution is -2.14. The number of hydrogen-bond acceptors (Lipinski definition) is 2. The molecule has 0 saturated heterocycles. The van der Waals surface area contributed by atoms with Crippen molar-refractivity contribution in [3.63, 3.8) is 0 Å². The SMILES string of the molecule is Cn1ccc(CC(=O)Nc2ccccc2)n1. The van der Waals surface area contributed by atoms with Gasteiger partial charge < -0.3 is 5.32 Å². The zero-order chi connectivity index (χ0) is 11.4. The Bertz CT molecular complexity index is 476. The van der Waals surface area contributed by atoms with Crippen LogP contribution in [0.25, 0.3) is 0 Å². The van der Waals surface area contributed by atoms with Crippen molar-refractivity contribution in [1.82, 2.24) is 9.78 Å². The number of aromatic nitrogens is 2. The average molecular weight is 215 g/mol. The highest BCUT2D eigenvalue weighted by Crippen LogP contribution is 2.06. The molecule has 1 heterocycles. The lowest BCUT2D eigenvalue weighted by molar-refractivity contribution is -0.115. The van der Waals surface area contributed by atoms with Gasteiger partial charge in [0.05, 0.1) is 12.1 Å². The standard InChI is InChI=1S/C12H13N3O/c1-15-8-7-11(14-15)9-12(16)13-10-5-3-2-4-6-10/h2-8H,9H2,1H3,(H,13,16). The molecule has 0 fully saturated rings. The van der Waals surface area contributed by atoms with Crippen LogP contribution in [0.5, 0.6) is 0 Å². The summed E-state index contributed by atoms with van der Waals surface area (Å²) >= 11 is 0. The molecule has 16 heavy (non-hydrogen) atoms. The van der Waals surface area contributed by atoms with Gasteiger partial charge in [0.25, 0.3) is 0 Å². The van der Waals surface area contributed by atoms with Crippen LogP contribution in [-0.2, 0) is 18.3 Å². The van der Waals surface area contributed by atoms with E-state index in [0.29, 0.717) is 6.42 Å². The van der Waals surface area contributed by atoms with Crippen LogP contribution in [0.4, 0.5) is 5.69 Å². The van der Waals surface area contributed by atoms with Gasteiger partial charge in [-0.1, -0.05) is 18.2 Å². The summed E-state index contributed by atoms with van der Waals surface area (Å²) in [5, 5.41) is 6.96. The molecule has 1 amide bonds. The molecule has 0 spiro atoms. The minimum Gasteiger partial charge on any atom is -0.326 e. The Morgan fingerprint density at radius 3 is 2.69 bits per heavy atom. The summed E-state index contributed by atoms with van der Waals surface area (Å²) in [5.74, 6) is -0.0510. The molecule has 1 aromatic heterocycles. The number of nitrogens with one attached hydrogen (secondary N) is 1. The smallest absolute Gasteiger partial charge is 0.230 e. The molecule has 4 heteroatoms. The van der Waals surface area contributed by atoms with E-state index < -0.39 is 0 Å². The summed E-state index contributed by atoms with van der Waals surface area (Å²) in [7, 11) is 1.83. The van der Waals surface area contributed by atoms with Crippen LogP contribution in [-0.4, -0.2) is 15.7 Å². The highest BCUT2D eigenvalue weighted by atomic mass is 16.1. The first-order valence-corrected chi connectivity index (χ1v) is 5.07. The fourth-order valence-electron chi connectivity index (χ4n) is 1.45. The first kappa shape index (κ1) is 10.4. The van der Waals surface area contributed by atoms with E-state index in [2.05, 4.69) is 10.4 Å². The third kappa shape index (κ3) is 2.70. The summed E-state index contributed by atoms with van der Waals surface area (Å²) in [5.41, 5.74) is 1.58. The van der Waals surface area contributed by atoms with Crippen molar-refractivity contribution in [2.75, 3.05) is 5.32 Å². The molecular weight excluding hydrogens is 202 g/mol. The summed E-state index contributed by atoms with van der Waals surface area (Å²) in [6, 6.07) is 11.2. The van der Waals surface area contributed by atoms with E-state index >= 15 is 0 Å². The van der Waals surface area contributed by atoms with Crippen molar-refractivity contribution < 1.29 is 4.79 Å². The molecule has 0 saturated carbocycles. The highest BCUT2D eigenvalue weighted by molar-refractivity contribution is 5.91. The maximum Gasteiger partial charge on any atom is 0.230 e. The van der Waals surface area contributed by atoms with Gasteiger partial charge in [0.15, 0.2) is 0 Å². The molecule has 1 aromatic carbocycles. The molecule has 0 unspecified atom stereocenters. The Hall–Kier alpha value is -2.10. The molecule has 0 aliphatic rings. The number of hydrogen-bond donors (Lipinski definition) is 1. The molecule has 0 radical (unpaired) electrons. The fraction of sp³-hybridized carbons (Fsp3) is 0.167. The van der Waals surface area contributed by atoms with Crippen LogP contribution in [0.2, 0.25) is 0 Å². The Labute approximate surface area is 93.9 Å². The molecule has 1 N–H and O–H groups in total. The predicted octanol–water partition coefficient (Wildman–Crippen LogP) is 1.60. The molecule has 4 nitrogen and oxygen atoms in total. The van der Waals surface area contributed by atoms with Gasteiger partial charge in [-0.25, -0.2) is 0 Å². The topological polar surface area (TPSA) is 46.9 Å². The van der Waals surface area contributed by atoms with Crippen LogP contribution in [0.3, 0.4) is 0 Å². The molecule has 2 rings (SSSR count). The van der Waals surface area contributed by atoms with Crippen LogP contribution in [0.1, 0.15) is 5.69 Å². The highest BCUT2D eigenvalue weighted by Gasteiger charge is 2.05. The number of carbonyl (C=O) groups is 1. The van der Waals surface area contributed by atoms with E-state index in [-0.39, 0.29) is 5.91 Å². The van der Waals surface area contributed by atoms with E-state index in [1.165, 1.54) is 0 Å². The van der Waals surface area contributed by atoms with Gasteiger partial charge >= 0.3 is 0 Å². The number of amides is 1. The molecule has 82 valence electrons. The summed E-state index contributed by atoms with van der Waals surface area (Å²) in [6.45, 7) is 0. The number of nitrogens with zero attached hydrogens (tertiary/aromatic N) is 2. The van der Waals surface area contributed by atoms with Gasteiger partial charge in [-0.05, 0) is 18.2 Å². The van der Waals surface area contributed by atoms with E-state index in [1.54, 1.807) is 4.68 Å². The molecule has 0 aliphatic carbocycles. The quantitative estimate of drug-likeness (QED) is 0.845. The second kappa shape index (κ2) is 4.61. The number of aryl methyl sites for hydroxylation is 1. The molecule has 2 aromatic rings. The van der Waals surface area contributed by atoms with Gasteiger partial charge in [-0.15, -0.1) is 0 Å². The van der Waals surface area contributed by atoms with Gasteiger partial charge in [-0.3, -0.25) is 9.48 Å². The van der Waals surface area contributed by atoms with Crippen LogP contribution >= 0.6 is 0 Å². The van der Waals surface area contributed by atoms with Gasteiger partial charge in [0.1, 0.15) is 0 Å². The number of carbonyl (C=O) groups excluding carboxylic acids is 1. The largest absolute Gasteiger partial charge is 0.326 e. The number of benzene rings is 1. The van der Waals surface area contributed by atoms with E-state index in [9.17, 15) is 4.79 Å². The normalized spacial score (nSPS) is 10.1. The average Bonchev–Trinajstić information content (AvgIpc) is 2.65. The minimum absolute atomic E-state index is 0.0510.